The molecule has 1 saturated heterocycles. The van der Waals surface area contributed by atoms with Gasteiger partial charge in [-0.15, -0.1) is 0 Å². The molecule has 0 amide bonds. The Balaban J connectivity index is 1.90. The predicted molar refractivity (Wildman–Crippen MR) is 78.4 cm³/mol. The van der Waals surface area contributed by atoms with Gasteiger partial charge in [0.1, 0.15) is 5.82 Å². The van der Waals surface area contributed by atoms with E-state index in [1.165, 1.54) is 0 Å². The summed E-state index contributed by atoms with van der Waals surface area (Å²) in [5, 5.41) is 0. The average molecular weight is 291 g/mol. The van der Waals surface area contributed by atoms with Crippen LogP contribution in [0.4, 0.5) is 5.69 Å². The number of hydrogen-bond acceptors (Lipinski definition) is 4. The fraction of sp³-hybridized carbons (Fsp3) is 0.500. The molecule has 1 atom stereocenters. The molecule has 0 bridgehead atoms. The first kappa shape index (κ1) is 12.2. The van der Waals surface area contributed by atoms with Crippen molar-refractivity contribution in [2.75, 3.05) is 17.2 Å². The van der Waals surface area contributed by atoms with Crippen LogP contribution >= 0.6 is 0 Å². The number of fused-ring (bicyclic) bond motifs is 1. The first-order valence-electron chi connectivity index (χ1n) is 7.01. The fourth-order valence-corrected chi connectivity index (χ4v) is 4.83. The highest BCUT2D eigenvalue weighted by Gasteiger charge is 2.36. The molecule has 2 heterocycles. The van der Waals surface area contributed by atoms with Crippen molar-refractivity contribution in [2.45, 2.75) is 31.2 Å². The van der Waals surface area contributed by atoms with Crippen LogP contribution in [-0.2, 0) is 9.84 Å². The smallest absolute Gasteiger partial charge is 0.152 e. The summed E-state index contributed by atoms with van der Waals surface area (Å²) < 4.78 is 25.7. The molecule has 2 N–H and O–H groups in total. The molecule has 2 fully saturated rings. The minimum absolute atomic E-state index is 0.0317. The SMILES string of the molecule is Nc1ccc2c(c1)nc(C1CC1)n2C1CCS(=O)(=O)C1. The zero-order valence-electron chi connectivity index (χ0n) is 11.1. The zero-order valence-corrected chi connectivity index (χ0v) is 11.9. The molecule has 0 radical (unpaired) electrons. The van der Waals surface area contributed by atoms with Crippen LogP contribution in [0.15, 0.2) is 18.2 Å². The number of imidazole rings is 1. The molecule has 2 aliphatic rings. The van der Waals surface area contributed by atoms with Gasteiger partial charge in [-0.05, 0) is 37.5 Å². The lowest BCUT2D eigenvalue weighted by Gasteiger charge is -2.15. The van der Waals surface area contributed by atoms with Crippen LogP contribution in [0.25, 0.3) is 11.0 Å². The Morgan fingerprint density at radius 1 is 1.25 bits per heavy atom. The molecule has 1 saturated carbocycles. The van der Waals surface area contributed by atoms with Gasteiger partial charge in [-0.2, -0.15) is 0 Å². The zero-order chi connectivity index (χ0) is 13.9. The number of aromatic nitrogens is 2. The molecule has 20 heavy (non-hydrogen) atoms. The minimum atomic E-state index is -2.89. The van der Waals surface area contributed by atoms with Crippen LogP contribution in [-0.4, -0.2) is 29.5 Å². The number of rotatable bonds is 2. The number of nitrogens with two attached hydrogens (primary N) is 1. The molecule has 5 nitrogen and oxygen atoms in total. The fourth-order valence-electron chi connectivity index (χ4n) is 3.13. The molecule has 0 spiro atoms. The van der Waals surface area contributed by atoms with Crippen LogP contribution in [0.5, 0.6) is 0 Å². The van der Waals surface area contributed by atoms with Crippen molar-refractivity contribution >= 4 is 26.6 Å². The third-order valence-corrected chi connectivity index (χ3v) is 6.01. The van der Waals surface area contributed by atoms with Gasteiger partial charge >= 0.3 is 0 Å². The molecule has 6 heteroatoms. The highest BCUT2D eigenvalue weighted by molar-refractivity contribution is 7.91. The summed E-state index contributed by atoms with van der Waals surface area (Å²) in [5.41, 5.74) is 8.43. The van der Waals surface area contributed by atoms with Crippen LogP contribution in [0, 0.1) is 0 Å². The van der Waals surface area contributed by atoms with Crippen molar-refractivity contribution < 1.29 is 8.42 Å². The van der Waals surface area contributed by atoms with Crippen molar-refractivity contribution in [3.8, 4) is 0 Å². The van der Waals surface area contributed by atoms with E-state index in [9.17, 15) is 8.42 Å². The van der Waals surface area contributed by atoms with Crippen LogP contribution < -0.4 is 5.73 Å². The standard InChI is InChI=1S/C14H17N3O2S/c15-10-3-4-13-12(7-10)16-14(9-1-2-9)17(13)11-5-6-20(18,19)8-11/h3-4,7,9,11H,1-2,5-6,8,15H2. The Bertz CT molecular complexity index is 790. The molecule has 1 aliphatic heterocycles. The highest BCUT2D eigenvalue weighted by Crippen LogP contribution is 2.43. The Morgan fingerprint density at radius 3 is 2.70 bits per heavy atom. The Kier molecular flexibility index (Phi) is 2.42. The number of nitrogen functional groups attached to an aromatic ring is 1. The number of anilines is 1. The second kappa shape index (κ2) is 3.97. The normalized spacial score (nSPS) is 25.3. The van der Waals surface area contributed by atoms with E-state index in [0.29, 0.717) is 18.0 Å². The summed E-state index contributed by atoms with van der Waals surface area (Å²) >= 11 is 0. The number of hydrogen-bond donors (Lipinski definition) is 1. The maximum absolute atomic E-state index is 11.8. The summed E-state index contributed by atoms with van der Waals surface area (Å²) in [5.74, 6) is 2.07. The third-order valence-electron chi connectivity index (χ3n) is 4.26. The highest BCUT2D eigenvalue weighted by atomic mass is 32.2. The average Bonchev–Trinajstić information content (AvgIpc) is 3.07. The van der Waals surface area contributed by atoms with Gasteiger partial charge in [-0.3, -0.25) is 0 Å². The molecule has 1 aliphatic carbocycles. The third kappa shape index (κ3) is 1.90. The number of nitrogens with zero attached hydrogens (tertiary/aromatic N) is 2. The summed E-state index contributed by atoms with van der Waals surface area (Å²) in [6.45, 7) is 0. The lowest BCUT2D eigenvalue weighted by molar-refractivity contribution is 0.546. The van der Waals surface area contributed by atoms with Gasteiger partial charge in [0.2, 0.25) is 0 Å². The van der Waals surface area contributed by atoms with Gasteiger partial charge in [0, 0.05) is 11.6 Å². The topological polar surface area (TPSA) is 78.0 Å². The first-order chi connectivity index (χ1) is 9.53. The van der Waals surface area contributed by atoms with Gasteiger partial charge in [0.15, 0.2) is 9.84 Å². The van der Waals surface area contributed by atoms with E-state index in [4.69, 9.17) is 10.7 Å². The van der Waals surface area contributed by atoms with Crippen molar-refractivity contribution in [3.63, 3.8) is 0 Å². The van der Waals surface area contributed by atoms with Crippen molar-refractivity contribution in [3.05, 3.63) is 24.0 Å². The maximum atomic E-state index is 11.8. The van der Waals surface area contributed by atoms with Crippen molar-refractivity contribution in [1.82, 2.24) is 9.55 Å². The summed E-state index contributed by atoms with van der Waals surface area (Å²) in [6, 6.07) is 5.74. The van der Waals surface area contributed by atoms with E-state index in [2.05, 4.69) is 4.57 Å². The molecule has 2 aromatic rings. The second-order valence-corrected chi connectivity index (χ2v) is 8.15. The monoisotopic (exact) mass is 291 g/mol. The van der Waals surface area contributed by atoms with Crippen LogP contribution in [0.1, 0.15) is 37.0 Å². The van der Waals surface area contributed by atoms with Gasteiger partial charge in [0.25, 0.3) is 0 Å². The summed E-state index contributed by atoms with van der Waals surface area (Å²) in [7, 11) is -2.89. The molecule has 1 aromatic carbocycles. The second-order valence-electron chi connectivity index (χ2n) is 5.92. The van der Waals surface area contributed by atoms with E-state index in [1.54, 1.807) is 0 Å². The number of sulfone groups is 1. The molecular weight excluding hydrogens is 274 g/mol. The maximum Gasteiger partial charge on any atom is 0.152 e. The molecule has 1 unspecified atom stereocenters. The van der Waals surface area contributed by atoms with Gasteiger partial charge < -0.3 is 10.3 Å². The molecular formula is C14H17N3O2S. The van der Waals surface area contributed by atoms with Gasteiger partial charge in [0.05, 0.1) is 28.6 Å². The van der Waals surface area contributed by atoms with Crippen LogP contribution in [0.2, 0.25) is 0 Å². The van der Waals surface area contributed by atoms with E-state index in [1.807, 2.05) is 18.2 Å². The van der Waals surface area contributed by atoms with Crippen LogP contribution in [0.3, 0.4) is 0 Å². The van der Waals surface area contributed by atoms with E-state index in [0.717, 1.165) is 29.7 Å². The lowest BCUT2D eigenvalue weighted by atomic mass is 10.2. The van der Waals surface area contributed by atoms with Gasteiger partial charge in [-0.25, -0.2) is 13.4 Å². The van der Waals surface area contributed by atoms with Crippen molar-refractivity contribution in [2.24, 2.45) is 0 Å². The summed E-state index contributed by atoms with van der Waals surface area (Å²) in [4.78, 5) is 4.72. The largest absolute Gasteiger partial charge is 0.399 e. The van der Waals surface area contributed by atoms with E-state index in [-0.39, 0.29) is 17.5 Å². The molecule has 4 rings (SSSR count). The Morgan fingerprint density at radius 2 is 2.05 bits per heavy atom. The Labute approximate surface area is 117 Å². The minimum Gasteiger partial charge on any atom is -0.399 e. The van der Waals surface area contributed by atoms with Gasteiger partial charge in [-0.1, -0.05) is 0 Å². The first-order valence-corrected chi connectivity index (χ1v) is 8.83. The summed E-state index contributed by atoms with van der Waals surface area (Å²) in [6.07, 6.45) is 2.99. The Hall–Kier alpha value is -1.56. The lowest BCUT2D eigenvalue weighted by Crippen LogP contribution is -2.13. The van der Waals surface area contributed by atoms with E-state index >= 15 is 0 Å². The molecule has 1 aromatic heterocycles. The van der Waals surface area contributed by atoms with Crippen molar-refractivity contribution in [1.29, 1.82) is 0 Å². The molecule has 106 valence electrons. The number of benzene rings is 1. The van der Waals surface area contributed by atoms with E-state index < -0.39 is 9.84 Å². The quantitative estimate of drug-likeness (QED) is 0.857. The predicted octanol–water partition coefficient (Wildman–Crippen LogP) is 1.86.